The SMILES string of the molecule is CCCCN[Si](C(C)C)(C(C)C)C(C)C. The molecule has 0 aliphatic rings. The molecule has 0 rings (SSSR count). The van der Waals surface area contributed by atoms with Gasteiger partial charge >= 0.3 is 0 Å². The summed E-state index contributed by atoms with van der Waals surface area (Å²) in [4.78, 5) is 3.97. The van der Waals surface area contributed by atoms with E-state index in [1.54, 1.807) is 0 Å². The van der Waals surface area contributed by atoms with E-state index in [1.807, 2.05) is 0 Å². The van der Waals surface area contributed by atoms with E-state index in [2.05, 4.69) is 53.4 Å². The summed E-state index contributed by atoms with van der Waals surface area (Å²) in [7, 11) is -1.31. The van der Waals surface area contributed by atoms with Crippen LogP contribution in [0.4, 0.5) is 0 Å². The van der Waals surface area contributed by atoms with Crippen molar-refractivity contribution in [1.29, 1.82) is 0 Å². The van der Waals surface area contributed by atoms with Crippen molar-refractivity contribution in [3.8, 4) is 0 Å². The molecule has 0 saturated carbocycles. The highest BCUT2D eigenvalue weighted by molar-refractivity contribution is 6.81. The molecule has 0 spiro atoms. The van der Waals surface area contributed by atoms with Crippen molar-refractivity contribution in [3.63, 3.8) is 0 Å². The summed E-state index contributed by atoms with van der Waals surface area (Å²) >= 11 is 0. The van der Waals surface area contributed by atoms with Crippen molar-refractivity contribution in [2.24, 2.45) is 0 Å². The topological polar surface area (TPSA) is 12.0 Å². The minimum atomic E-state index is -1.31. The van der Waals surface area contributed by atoms with Crippen LogP contribution < -0.4 is 4.98 Å². The average Bonchev–Trinajstić information content (AvgIpc) is 2.10. The molecule has 15 heavy (non-hydrogen) atoms. The molecular weight excluding hydrogens is 198 g/mol. The lowest BCUT2D eigenvalue weighted by Crippen LogP contribution is -2.58. The van der Waals surface area contributed by atoms with Crippen LogP contribution in [0.5, 0.6) is 0 Å². The Kier molecular flexibility index (Phi) is 6.77. The highest BCUT2D eigenvalue weighted by atomic mass is 28.3. The average molecular weight is 229 g/mol. The molecule has 92 valence electrons. The van der Waals surface area contributed by atoms with Gasteiger partial charge < -0.3 is 4.98 Å². The molecule has 0 aromatic heterocycles. The first-order valence-corrected chi connectivity index (χ1v) is 8.87. The molecule has 0 fully saturated rings. The highest BCUT2D eigenvalue weighted by Crippen LogP contribution is 2.38. The Hall–Kier alpha value is 0.177. The van der Waals surface area contributed by atoms with E-state index in [9.17, 15) is 0 Å². The third-order valence-electron chi connectivity index (χ3n) is 3.83. The number of hydrogen-bond donors (Lipinski definition) is 1. The largest absolute Gasteiger partial charge is 0.336 e. The van der Waals surface area contributed by atoms with Crippen LogP contribution >= 0.6 is 0 Å². The molecule has 0 amide bonds. The van der Waals surface area contributed by atoms with Crippen LogP contribution in [-0.4, -0.2) is 14.8 Å². The fourth-order valence-corrected chi connectivity index (χ4v) is 8.93. The maximum absolute atomic E-state index is 3.97. The summed E-state index contributed by atoms with van der Waals surface area (Å²) in [6.07, 6.45) is 2.62. The summed E-state index contributed by atoms with van der Waals surface area (Å²) in [6.45, 7) is 17.9. The van der Waals surface area contributed by atoms with Crippen LogP contribution in [0, 0.1) is 0 Å². The van der Waals surface area contributed by atoms with E-state index in [0.29, 0.717) is 0 Å². The zero-order chi connectivity index (χ0) is 12.1. The summed E-state index contributed by atoms with van der Waals surface area (Å²) < 4.78 is 0. The fourth-order valence-electron chi connectivity index (χ4n) is 3.09. The van der Waals surface area contributed by atoms with Gasteiger partial charge in [-0.15, -0.1) is 0 Å². The molecule has 2 heteroatoms. The lowest BCUT2D eigenvalue weighted by Gasteiger charge is -2.43. The van der Waals surface area contributed by atoms with Crippen LogP contribution in [0.1, 0.15) is 61.3 Å². The maximum atomic E-state index is 3.97. The van der Waals surface area contributed by atoms with Crippen LogP contribution in [0.25, 0.3) is 0 Å². The predicted octanol–water partition coefficient (Wildman–Crippen LogP) is 4.55. The van der Waals surface area contributed by atoms with Crippen LogP contribution in [0.3, 0.4) is 0 Å². The number of unbranched alkanes of at least 4 members (excludes halogenated alkanes) is 1. The highest BCUT2D eigenvalue weighted by Gasteiger charge is 2.42. The zero-order valence-corrected chi connectivity index (χ0v) is 12.9. The Balaban J connectivity index is 4.65. The lowest BCUT2D eigenvalue weighted by molar-refractivity contribution is 0.688. The van der Waals surface area contributed by atoms with Gasteiger partial charge in [-0.3, -0.25) is 0 Å². The van der Waals surface area contributed by atoms with Crippen molar-refractivity contribution in [3.05, 3.63) is 0 Å². The monoisotopic (exact) mass is 229 g/mol. The van der Waals surface area contributed by atoms with Crippen LogP contribution in [0.15, 0.2) is 0 Å². The van der Waals surface area contributed by atoms with Gasteiger partial charge in [0, 0.05) is 0 Å². The quantitative estimate of drug-likeness (QED) is 0.499. The lowest BCUT2D eigenvalue weighted by atomic mass is 10.3. The molecule has 0 aliphatic heterocycles. The van der Waals surface area contributed by atoms with Crippen LogP contribution in [0.2, 0.25) is 16.6 Å². The van der Waals surface area contributed by atoms with Gasteiger partial charge in [0.15, 0.2) is 0 Å². The number of nitrogens with one attached hydrogen (secondary N) is 1. The Morgan fingerprint density at radius 1 is 0.867 bits per heavy atom. The second-order valence-corrected chi connectivity index (χ2v) is 11.4. The molecule has 0 radical (unpaired) electrons. The van der Waals surface area contributed by atoms with Gasteiger partial charge in [-0.1, -0.05) is 54.9 Å². The van der Waals surface area contributed by atoms with Gasteiger partial charge in [-0.05, 0) is 29.6 Å². The molecule has 0 heterocycles. The Bertz CT molecular complexity index is 142. The summed E-state index contributed by atoms with van der Waals surface area (Å²) in [5.41, 5.74) is 2.48. The summed E-state index contributed by atoms with van der Waals surface area (Å²) in [5, 5.41) is 0. The van der Waals surface area contributed by atoms with Crippen molar-refractivity contribution in [2.75, 3.05) is 6.54 Å². The molecule has 0 unspecified atom stereocenters. The van der Waals surface area contributed by atoms with Gasteiger partial charge in [-0.2, -0.15) is 0 Å². The third kappa shape index (κ3) is 3.60. The zero-order valence-electron chi connectivity index (χ0n) is 11.9. The second-order valence-electron chi connectivity index (χ2n) is 5.68. The van der Waals surface area contributed by atoms with Gasteiger partial charge in [0.2, 0.25) is 0 Å². The predicted molar refractivity (Wildman–Crippen MR) is 74.0 cm³/mol. The van der Waals surface area contributed by atoms with Gasteiger partial charge in [0.05, 0.1) is 0 Å². The molecule has 0 atom stereocenters. The first-order valence-electron chi connectivity index (χ1n) is 6.64. The van der Waals surface area contributed by atoms with Crippen molar-refractivity contribution >= 4 is 8.24 Å². The molecule has 1 nitrogen and oxygen atoms in total. The summed E-state index contributed by atoms with van der Waals surface area (Å²) in [5.74, 6) is 0. The molecule has 0 aromatic rings. The first kappa shape index (κ1) is 15.2. The minimum Gasteiger partial charge on any atom is -0.336 e. The summed E-state index contributed by atoms with van der Waals surface area (Å²) in [6, 6.07) is 0. The van der Waals surface area contributed by atoms with Gasteiger partial charge in [-0.25, -0.2) is 0 Å². The second kappa shape index (κ2) is 6.69. The standard InChI is InChI=1S/C13H31NSi/c1-8-9-10-14-15(11(2)3,12(4)5)13(6)7/h11-14H,8-10H2,1-7H3. The molecule has 0 aromatic carbocycles. The normalized spacial score (nSPS) is 13.2. The third-order valence-corrected chi connectivity index (χ3v) is 10.4. The van der Waals surface area contributed by atoms with Gasteiger partial charge in [0.1, 0.15) is 8.24 Å². The van der Waals surface area contributed by atoms with Crippen molar-refractivity contribution in [2.45, 2.75) is 77.9 Å². The van der Waals surface area contributed by atoms with Crippen LogP contribution in [-0.2, 0) is 0 Å². The Morgan fingerprint density at radius 2 is 1.27 bits per heavy atom. The fraction of sp³-hybridized carbons (Fsp3) is 1.00. The smallest absolute Gasteiger partial charge is 0.133 e. The Labute approximate surface area is 98.1 Å². The van der Waals surface area contributed by atoms with E-state index in [0.717, 1.165) is 16.6 Å². The van der Waals surface area contributed by atoms with E-state index < -0.39 is 8.24 Å². The molecular formula is C13H31NSi. The minimum absolute atomic E-state index is 0.828. The van der Waals surface area contributed by atoms with Gasteiger partial charge in [0.25, 0.3) is 0 Å². The molecule has 0 aliphatic carbocycles. The van der Waals surface area contributed by atoms with E-state index in [1.165, 1.54) is 19.4 Å². The molecule has 1 N–H and O–H groups in total. The molecule has 0 saturated heterocycles. The Morgan fingerprint density at radius 3 is 1.53 bits per heavy atom. The number of hydrogen-bond acceptors (Lipinski definition) is 1. The molecule has 0 bridgehead atoms. The van der Waals surface area contributed by atoms with E-state index >= 15 is 0 Å². The van der Waals surface area contributed by atoms with E-state index in [-0.39, 0.29) is 0 Å². The number of rotatable bonds is 7. The van der Waals surface area contributed by atoms with Crippen molar-refractivity contribution in [1.82, 2.24) is 4.98 Å². The maximum Gasteiger partial charge on any atom is 0.133 e. The van der Waals surface area contributed by atoms with Crippen molar-refractivity contribution < 1.29 is 0 Å². The first-order chi connectivity index (χ1) is 6.89. The van der Waals surface area contributed by atoms with E-state index in [4.69, 9.17) is 0 Å².